The van der Waals surface area contributed by atoms with Crippen molar-refractivity contribution in [1.82, 2.24) is 4.57 Å². The van der Waals surface area contributed by atoms with Gasteiger partial charge in [-0.1, -0.05) is 72.8 Å². The van der Waals surface area contributed by atoms with Crippen LogP contribution in [-0.2, 0) is 0 Å². The van der Waals surface area contributed by atoms with E-state index >= 15 is 0 Å². The fourth-order valence-electron chi connectivity index (χ4n) is 3.51. The van der Waals surface area contributed by atoms with Gasteiger partial charge in [0.15, 0.2) is 0 Å². The van der Waals surface area contributed by atoms with Crippen molar-refractivity contribution in [2.24, 2.45) is 0 Å². The number of benzene rings is 4. The van der Waals surface area contributed by atoms with Crippen LogP contribution in [0.1, 0.15) is 0 Å². The molecule has 0 spiro atoms. The van der Waals surface area contributed by atoms with Gasteiger partial charge in [0.2, 0.25) is 0 Å². The minimum atomic E-state index is -6.00. The van der Waals surface area contributed by atoms with Gasteiger partial charge >= 0.3 is 7.25 Å². The molecule has 0 saturated carbocycles. The predicted octanol–water partition coefficient (Wildman–Crippen LogP) is 6.36. The SMILES string of the molecule is F[B-](F)(F)F.c1ccc2c(-n3cc[n+](-c4cccc5ccccc45)c3)cccc2c1. The zero-order valence-corrected chi connectivity index (χ0v) is 15.8. The lowest BCUT2D eigenvalue weighted by atomic mass is 10.1. The summed E-state index contributed by atoms with van der Waals surface area (Å²) in [7, 11) is -6.00. The third-order valence-corrected chi connectivity index (χ3v) is 4.73. The van der Waals surface area contributed by atoms with Gasteiger partial charge in [0.1, 0.15) is 23.8 Å². The maximum absolute atomic E-state index is 9.75. The summed E-state index contributed by atoms with van der Waals surface area (Å²) in [5, 5.41) is 5.02. The van der Waals surface area contributed by atoms with E-state index in [4.69, 9.17) is 0 Å². The molecule has 0 fully saturated rings. The van der Waals surface area contributed by atoms with Gasteiger partial charge in [0.05, 0.1) is 0 Å². The molecule has 0 N–H and O–H groups in total. The van der Waals surface area contributed by atoms with Crippen molar-refractivity contribution in [3.05, 3.63) is 104 Å². The topological polar surface area (TPSA) is 8.81 Å². The molecule has 5 rings (SSSR count). The number of rotatable bonds is 2. The van der Waals surface area contributed by atoms with Crippen LogP contribution in [0.5, 0.6) is 0 Å². The van der Waals surface area contributed by atoms with E-state index in [0.29, 0.717) is 0 Å². The molecule has 1 aromatic heterocycles. The van der Waals surface area contributed by atoms with Crippen molar-refractivity contribution < 1.29 is 21.8 Å². The van der Waals surface area contributed by atoms with E-state index in [0.717, 1.165) is 0 Å². The second-order valence-electron chi connectivity index (χ2n) is 6.72. The molecular weight excluding hydrogens is 391 g/mol. The van der Waals surface area contributed by atoms with Crippen molar-refractivity contribution in [2.45, 2.75) is 0 Å². The van der Waals surface area contributed by atoms with E-state index < -0.39 is 7.25 Å². The van der Waals surface area contributed by atoms with Gasteiger partial charge in [-0.15, -0.1) is 0 Å². The second-order valence-corrected chi connectivity index (χ2v) is 6.72. The maximum atomic E-state index is 9.75. The number of imidazole rings is 1. The molecule has 0 radical (unpaired) electrons. The molecule has 5 aromatic rings. The monoisotopic (exact) mass is 408 g/mol. The summed E-state index contributed by atoms with van der Waals surface area (Å²) in [6, 6.07) is 29.9. The Kier molecular flexibility index (Phi) is 5.27. The van der Waals surface area contributed by atoms with Crippen LogP contribution in [0.25, 0.3) is 32.9 Å². The van der Waals surface area contributed by atoms with Crippen LogP contribution in [0.2, 0.25) is 0 Å². The molecule has 7 heteroatoms. The molecule has 4 aromatic carbocycles. The number of hydrogen-bond acceptors (Lipinski definition) is 0. The smallest absolute Gasteiger partial charge is 0.418 e. The Morgan fingerprint density at radius 2 is 1.17 bits per heavy atom. The molecule has 0 aliphatic rings. The molecule has 0 aliphatic carbocycles. The van der Waals surface area contributed by atoms with E-state index in [2.05, 4.69) is 113 Å². The van der Waals surface area contributed by atoms with Crippen molar-refractivity contribution in [3.63, 3.8) is 0 Å². The van der Waals surface area contributed by atoms with Crippen LogP contribution in [-0.4, -0.2) is 11.8 Å². The lowest BCUT2D eigenvalue weighted by Gasteiger charge is -2.03. The largest absolute Gasteiger partial charge is 0.673 e. The highest BCUT2D eigenvalue weighted by atomic mass is 19.5. The molecule has 150 valence electrons. The average Bonchev–Trinajstić information content (AvgIpc) is 3.21. The zero-order valence-electron chi connectivity index (χ0n) is 15.8. The number of hydrogen-bond donors (Lipinski definition) is 0. The van der Waals surface area contributed by atoms with Crippen molar-refractivity contribution >= 4 is 28.8 Å². The van der Waals surface area contributed by atoms with E-state index in [-0.39, 0.29) is 0 Å². The predicted molar refractivity (Wildman–Crippen MR) is 112 cm³/mol. The lowest BCUT2D eigenvalue weighted by molar-refractivity contribution is -0.593. The summed E-state index contributed by atoms with van der Waals surface area (Å²) in [4.78, 5) is 0. The first kappa shape index (κ1) is 19.7. The number of halogens is 4. The van der Waals surface area contributed by atoms with E-state index in [1.165, 1.54) is 32.9 Å². The summed E-state index contributed by atoms with van der Waals surface area (Å²) in [6.45, 7) is 0. The third-order valence-electron chi connectivity index (χ3n) is 4.73. The summed E-state index contributed by atoms with van der Waals surface area (Å²) >= 11 is 0. The third kappa shape index (κ3) is 4.35. The normalized spacial score (nSPS) is 11.3. The fraction of sp³-hybridized carbons (Fsp3) is 0. The van der Waals surface area contributed by atoms with Crippen molar-refractivity contribution in [1.29, 1.82) is 0 Å². The average molecular weight is 408 g/mol. The lowest BCUT2D eigenvalue weighted by Crippen LogP contribution is -2.27. The van der Waals surface area contributed by atoms with E-state index in [1.54, 1.807) is 0 Å². The van der Waals surface area contributed by atoms with Crippen LogP contribution in [0, 0.1) is 0 Å². The quantitative estimate of drug-likeness (QED) is 0.183. The Morgan fingerprint density at radius 3 is 1.87 bits per heavy atom. The van der Waals surface area contributed by atoms with E-state index in [9.17, 15) is 17.3 Å². The van der Waals surface area contributed by atoms with Gasteiger partial charge < -0.3 is 17.3 Å². The Balaban J connectivity index is 0.000000393. The van der Waals surface area contributed by atoms with Gasteiger partial charge in [0, 0.05) is 10.8 Å². The van der Waals surface area contributed by atoms with Gasteiger partial charge in [-0.25, -0.2) is 9.13 Å². The Labute approximate surface area is 170 Å². The molecule has 0 unspecified atom stereocenters. The number of aromatic nitrogens is 2. The summed E-state index contributed by atoms with van der Waals surface area (Å²) in [5.74, 6) is 0. The first-order valence-corrected chi connectivity index (χ1v) is 9.33. The number of nitrogens with zero attached hydrogens (tertiary/aromatic N) is 2. The van der Waals surface area contributed by atoms with Gasteiger partial charge in [0.25, 0.3) is 6.33 Å². The summed E-state index contributed by atoms with van der Waals surface area (Å²) < 4.78 is 43.4. The highest BCUT2D eigenvalue weighted by molar-refractivity contribution is 6.50. The first-order valence-electron chi connectivity index (χ1n) is 9.33. The molecule has 2 nitrogen and oxygen atoms in total. The molecule has 0 saturated heterocycles. The Morgan fingerprint density at radius 1 is 0.633 bits per heavy atom. The zero-order chi connectivity index (χ0) is 21.1. The van der Waals surface area contributed by atoms with Gasteiger partial charge in [-0.3, -0.25) is 0 Å². The summed E-state index contributed by atoms with van der Waals surface area (Å²) in [6.07, 6.45) is 6.37. The number of fused-ring (bicyclic) bond motifs is 2. The Bertz CT molecular complexity index is 1200. The van der Waals surface area contributed by atoms with Crippen molar-refractivity contribution in [3.8, 4) is 11.4 Å². The molecule has 1 heterocycles. The molecule has 0 atom stereocenters. The van der Waals surface area contributed by atoms with Crippen LogP contribution in [0.3, 0.4) is 0 Å². The highest BCUT2D eigenvalue weighted by Crippen LogP contribution is 2.22. The maximum Gasteiger partial charge on any atom is 0.673 e. The molecule has 30 heavy (non-hydrogen) atoms. The van der Waals surface area contributed by atoms with Crippen LogP contribution in [0.4, 0.5) is 17.3 Å². The van der Waals surface area contributed by atoms with Crippen molar-refractivity contribution in [2.75, 3.05) is 0 Å². The minimum Gasteiger partial charge on any atom is -0.418 e. The van der Waals surface area contributed by atoms with E-state index in [1.807, 2.05) is 0 Å². The Hall–Kier alpha value is -3.61. The van der Waals surface area contributed by atoms with Crippen LogP contribution in [0.15, 0.2) is 104 Å². The molecular formula is C23H17BF4N2. The highest BCUT2D eigenvalue weighted by Gasteiger charge is 2.20. The standard InChI is InChI=1S/C23H17N2.BF4/c1-3-11-20-18(7-1)9-5-13-22(20)24-15-16-25(17-24)23-14-6-10-19-8-2-4-12-21(19)23;2-1(3,4)5/h1-17H;/q+1;-1. The minimum absolute atomic E-state index is 1.19. The molecule has 0 amide bonds. The van der Waals surface area contributed by atoms with Gasteiger partial charge in [-0.2, -0.15) is 0 Å². The van der Waals surface area contributed by atoms with Crippen LogP contribution < -0.4 is 4.57 Å². The second kappa shape index (κ2) is 8.03. The first-order chi connectivity index (χ1) is 14.4. The molecule has 0 bridgehead atoms. The fourth-order valence-corrected chi connectivity index (χ4v) is 3.51. The van der Waals surface area contributed by atoms with Gasteiger partial charge in [-0.05, 0) is 22.9 Å². The summed E-state index contributed by atoms with van der Waals surface area (Å²) in [5.41, 5.74) is 2.38. The van der Waals surface area contributed by atoms with Crippen LogP contribution >= 0.6 is 0 Å². The molecule has 0 aliphatic heterocycles.